The van der Waals surface area contributed by atoms with E-state index in [1.54, 1.807) is 4.90 Å². The normalized spacial score (nSPS) is 17.2. The highest BCUT2D eigenvalue weighted by Crippen LogP contribution is 2.42. The van der Waals surface area contributed by atoms with Gasteiger partial charge in [-0.1, -0.05) is 43.3 Å². The highest BCUT2D eigenvalue weighted by Gasteiger charge is 2.38. The van der Waals surface area contributed by atoms with Gasteiger partial charge in [-0.3, -0.25) is 19.7 Å². The number of benzene rings is 3. The Balaban J connectivity index is 1.75. The number of para-hydroxylation sites is 2. The van der Waals surface area contributed by atoms with Gasteiger partial charge in [0.25, 0.3) is 11.6 Å². The number of carbonyl (C=O) groups is 2. The van der Waals surface area contributed by atoms with Gasteiger partial charge in [-0.25, -0.2) is 0 Å². The van der Waals surface area contributed by atoms with Crippen LogP contribution in [0.2, 0.25) is 0 Å². The molecular formula is C26H25N3O4. The van der Waals surface area contributed by atoms with Gasteiger partial charge in [-0.05, 0) is 49.2 Å². The van der Waals surface area contributed by atoms with E-state index in [1.807, 2.05) is 73.3 Å². The molecule has 0 bridgehead atoms. The first-order valence-electron chi connectivity index (χ1n) is 11.0. The molecule has 0 aromatic heterocycles. The van der Waals surface area contributed by atoms with Gasteiger partial charge in [0.2, 0.25) is 5.91 Å². The van der Waals surface area contributed by atoms with Crippen molar-refractivity contribution in [2.75, 3.05) is 9.80 Å². The fourth-order valence-electron chi connectivity index (χ4n) is 4.46. The fraction of sp³-hybridized carbons (Fsp3) is 0.231. The van der Waals surface area contributed by atoms with Crippen LogP contribution in [-0.4, -0.2) is 22.8 Å². The number of nitrogens with zero attached hydrogens (tertiary/aromatic N) is 3. The van der Waals surface area contributed by atoms with E-state index < -0.39 is 4.92 Å². The van der Waals surface area contributed by atoms with Crippen molar-refractivity contribution in [1.82, 2.24) is 0 Å². The van der Waals surface area contributed by atoms with Crippen LogP contribution in [0, 0.1) is 10.1 Å². The minimum Gasteiger partial charge on any atom is -0.305 e. The summed E-state index contributed by atoms with van der Waals surface area (Å²) in [6.07, 6.45) is 0.934. The summed E-state index contributed by atoms with van der Waals surface area (Å²) in [5.74, 6) is -0.209. The first kappa shape index (κ1) is 22.2. The van der Waals surface area contributed by atoms with Crippen molar-refractivity contribution in [1.29, 1.82) is 0 Å². The summed E-state index contributed by atoms with van der Waals surface area (Å²) in [5.41, 5.74) is 2.79. The molecule has 0 saturated heterocycles. The molecule has 3 aromatic carbocycles. The molecule has 7 heteroatoms. The molecule has 0 spiro atoms. The minimum atomic E-state index is -0.486. The molecule has 7 nitrogen and oxygen atoms in total. The van der Waals surface area contributed by atoms with E-state index in [0.29, 0.717) is 18.4 Å². The zero-order valence-corrected chi connectivity index (χ0v) is 18.5. The fourth-order valence-corrected chi connectivity index (χ4v) is 4.46. The number of carbonyl (C=O) groups excluding carboxylic acids is 2. The molecule has 0 radical (unpaired) electrons. The number of fused-ring (bicyclic) bond motifs is 1. The van der Waals surface area contributed by atoms with Crippen molar-refractivity contribution in [3.8, 4) is 0 Å². The van der Waals surface area contributed by atoms with Crippen LogP contribution in [0.1, 0.15) is 48.7 Å². The van der Waals surface area contributed by atoms with Crippen molar-refractivity contribution in [2.24, 2.45) is 0 Å². The van der Waals surface area contributed by atoms with Crippen LogP contribution in [0.25, 0.3) is 0 Å². The molecule has 0 unspecified atom stereocenters. The maximum Gasteiger partial charge on any atom is 0.269 e. The summed E-state index contributed by atoms with van der Waals surface area (Å²) in [4.78, 5) is 40.6. The molecule has 0 N–H and O–H groups in total. The largest absolute Gasteiger partial charge is 0.305 e. The summed E-state index contributed by atoms with van der Waals surface area (Å²) in [7, 11) is 0. The maximum absolute atomic E-state index is 13.5. The highest BCUT2D eigenvalue weighted by atomic mass is 16.6. The SMILES string of the molecule is CCC(=O)N(c1ccccc1)[C@@H]1C[C@H](C)N(C(=O)c2ccc([N+](=O)[O-])cc2)c2ccccc21. The Morgan fingerprint density at radius 1 is 1.00 bits per heavy atom. The predicted molar refractivity (Wildman–Crippen MR) is 127 cm³/mol. The van der Waals surface area contributed by atoms with Gasteiger partial charge in [-0.15, -0.1) is 0 Å². The average molecular weight is 444 g/mol. The minimum absolute atomic E-state index is 0.0170. The van der Waals surface area contributed by atoms with E-state index in [-0.39, 0.29) is 29.6 Å². The van der Waals surface area contributed by atoms with Gasteiger partial charge in [0, 0.05) is 41.5 Å². The maximum atomic E-state index is 13.5. The summed E-state index contributed by atoms with van der Waals surface area (Å²) in [6.45, 7) is 3.81. The van der Waals surface area contributed by atoms with Gasteiger partial charge in [0.15, 0.2) is 0 Å². The molecule has 0 saturated carbocycles. The Morgan fingerprint density at radius 3 is 2.27 bits per heavy atom. The van der Waals surface area contributed by atoms with Crippen molar-refractivity contribution in [2.45, 2.75) is 38.8 Å². The molecule has 1 aliphatic heterocycles. The zero-order chi connectivity index (χ0) is 23.5. The number of hydrogen-bond donors (Lipinski definition) is 0. The molecule has 2 atom stereocenters. The monoisotopic (exact) mass is 443 g/mol. The van der Waals surface area contributed by atoms with Gasteiger partial charge in [0.1, 0.15) is 0 Å². The number of amides is 2. The lowest BCUT2D eigenvalue weighted by Crippen LogP contribution is -2.47. The lowest BCUT2D eigenvalue weighted by Gasteiger charge is -2.43. The van der Waals surface area contributed by atoms with E-state index in [1.165, 1.54) is 24.3 Å². The van der Waals surface area contributed by atoms with Crippen molar-refractivity contribution in [3.05, 3.63) is 100 Å². The van der Waals surface area contributed by atoms with Crippen molar-refractivity contribution in [3.63, 3.8) is 0 Å². The van der Waals surface area contributed by atoms with Crippen molar-refractivity contribution < 1.29 is 14.5 Å². The summed E-state index contributed by atoms with van der Waals surface area (Å²) in [6, 6.07) is 22.5. The Bertz CT molecular complexity index is 1180. The molecule has 0 aliphatic carbocycles. The number of nitro groups is 1. The van der Waals surface area contributed by atoms with Crippen LogP contribution in [-0.2, 0) is 4.79 Å². The standard InChI is InChI=1S/C26H25N3O4/c1-3-25(30)28(20-9-5-4-6-10-20)24-17-18(2)27(23-12-8-7-11-22(23)24)26(31)19-13-15-21(16-14-19)29(32)33/h4-16,18,24H,3,17H2,1-2H3/t18-,24+/m0/s1. The number of non-ortho nitro benzene ring substituents is 1. The van der Waals surface area contributed by atoms with Crippen LogP contribution in [0.5, 0.6) is 0 Å². The Hall–Kier alpha value is -4.00. The number of hydrogen-bond acceptors (Lipinski definition) is 4. The number of nitro benzene ring substituents is 1. The van der Waals surface area contributed by atoms with Crippen LogP contribution >= 0.6 is 0 Å². The summed E-state index contributed by atoms with van der Waals surface area (Å²) in [5, 5.41) is 11.0. The number of anilines is 2. The molecule has 1 aliphatic rings. The van der Waals surface area contributed by atoms with Crippen LogP contribution in [0.15, 0.2) is 78.9 Å². The van der Waals surface area contributed by atoms with E-state index in [4.69, 9.17) is 0 Å². The van der Waals surface area contributed by atoms with Gasteiger partial charge in [-0.2, -0.15) is 0 Å². The Morgan fingerprint density at radius 2 is 1.64 bits per heavy atom. The van der Waals surface area contributed by atoms with Crippen LogP contribution in [0.4, 0.5) is 17.1 Å². The second-order valence-electron chi connectivity index (χ2n) is 8.09. The molecule has 3 aromatic rings. The Kier molecular flexibility index (Phi) is 6.22. The smallest absolute Gasteiger partial charge is 0.269 e. The van der Waals surface area contributed by atoms with Gasteiger partial charge >= 0.3 is 0 Å². The predicted octanol–water partition coefficient (Wildman–Crippen LogP) is 5.52. The van der Waals surface area contributed by atoms with Crippen molar-refractivity contribution >= 4 is 28.9 Å². The van der Waals surface area contributed by atoms with Crippen LogP contribution in [0.3, 0.4) is 0 Å². The molecule has 1 heterocycles. The third-order valence-corrected chi connectivity index (χ3v) is 6.02. The first-order valence-corrected chi connectivity index (χ1v) is 11.0. The summed E-state index contributed by atoms with van der Waals surface area (Å²) >= 11 is 0. The lowest BCUT2D eigenvalue weighted by atomic mass is 9.89. The van der Waals surface area contributed by atoms with E-state index >= 15 is 0 Å². The Labute approximate surface area is 192 Å². The zero-order valence-electron chi connectivity index (χ0n) is 18.5. The third kappa shape index (κ3) is 4.22. The molecule has 0 fully saturated rings. The highest BCUT2D eigenvalue weighted by molar-refractivity contribution is 6.07. The van der Waals surface area contributed by atoms with Gasteiger partial charge in [0.05, 0.1) is 11.0 Å². The van der Waals surface area contributed by atoms with E-state index in [9.17, 15) is 19.7 Å². The quantitative estimate of drug-likeness (QED) is 0.384. The van der Waals surface area contributed by atoms with Crippen LogP contribution < -0.4 is 9.80 Å². The average Bonchev–Trinajstić information content (AvgIpc) is 2.84. The topological polar surface area (TPSA) is 83.8 Å². The lowest BCUT2D eigenvalue weighted by molar-refractivity contribution is -0.384. The molecular weight excluding hydrogens is 418 g/mol. The molecule has 168 valence electrons. The first-order chi connectivity index (χ1) is 15.9. The van der Waals surface area contributed by atoms with E-state index in [2.05, 4.69) is 0 Å². The van der Waals surface area contributed by atoms with Gasteiger partial charge < -0.3 is 9.80 Å². The molecule has 33 heavy (non-hydrogen) atoms. The molecule has 4 rings (SSSR count). The summed E-state index contributed by atoms with van der Waals surface area (Å²) < 4.78 is 0. The number of rotatable bonds is 5. The second-order valence-corrected chi connectivity index (χ2v) is 8.09. The van der Waals surface area contributed by atoms with E-state index in [0.717, 1.165) is 16.9 Å². The molecule has 2 amide bonds. The second kappa shape index (κ2) is 9.24. The third-order valence-electron chi connectivity index (χ3n) is 6.02.